The fourth-order valence-electron chi connectivity index (χ4n) is 2.22. The van der Waals surface area contributed by atoms with Crippen LogP contribution in [0, 0.1) is 11.8 Å². The summed E-state index contributed by atoms with van der Waals surface area (Å²) in [5.74, 6) is 0.941. The van der Waals surface area contributed by atoms with Crippen molar-refractivity contribution in [1.29, 1.82) is 0 Å². The Balaban J connectivity index is 2.65. The van der Waals surface area contributed by atoms with E-state index in [0.29, 0.717) is 24.9 Å². The lowest BCUT2D eigenvalue weighted by molar-refractivity contribution is 0.330. The van der Waals surface area contributed by atoms with Crippen LogP contribution in [-0.4, -0.2) is 38.4 Å². The van der Waals surface area contributed by atoms with Crippen molar-refractivity contribution in [3.8, 4) is 0 Å². The van der Waals surface area contributed by atoms with Gasteiger partial charge in [0.1, 0.15) is 0 Å². The van der Waals surface area contributed by atoms with Crippen LogP contribution in [0.3, 0.4) is 0 Å². The topological polar surface area (TPSA) is 75.4 Å². The van der Waals surface area contributed by atoms with E-state index in [-0.39, 0.29) is 0 Å². The molecule has 0 aliphatic heterocycles. The van der Waals surface area contributed by atoms with Gasteiger partial charge in [0, 0.05) is 25.7 Å². The quantitative estimate of drug-likeness (QED) is 0.693. The fraction of sp³-hybridized carbons (Fsp3) is 1.00. The number of nitrogens with zero attached hydrogens (tertiary/aromatic N) is 1. The number of nitrogens with one attached hydrogen (secondary N) is 1. The highest BCUT2D eigenvalue weighted by Gasteiger charge is 2.33. The van der Waals surface area contributed by atoms with Gasteiger partial charge < -0.3 is 5.73 Å². The maximum Gasteiger partial charge on any atom is 0.279 e. The van der Waals surface area contributed by atoms with Crippen LogP contribution >= 0.6 is 0 Å². The van der Waals surface area contributed by atoms with E-state index < -0.39 is 15.7 Å². The van der Waals surface area contributed by atoms with Gasteiger partial charge in [0.2, 0.25) is 0 Å². The summed E-state index contributed by atoms with van der Waals surface area (Å²) in [6, 6.07) is 0. The molecule has 0 aromatic rings. The summed E-state index contributed by atoms with van der Waals surface area (Å²) in [6.07, 6.45) is 3.01. The standard InChI is InChI=1S/C12H27N3O2S/c1-10(2)7-12(3,9-13)14-18(16,17)15(4)8-11-5-6-11/h10-11,14H,5-9,13H2,1-4H3. The Hall–Kier alpha value is -0.170. The van der Waals surface area contributed by atoms with Gasteiger partial charge in [0.05, 0.1) is 0 Å². The Morgan fingerprint density at radius 3 is 2.39 bits per heavy atom. The van der Waals surface area contributed by atoms with Crippen LogP contribution in [0.1, 0.15) is 40.0 Å². The van der Waals surface area contributed by atoms with Gasteiger partial charge in [0.25, 0.3) is 10.2 Å². The van der Waals surface area contributed by atoms with E-state index in [9.17, 15) is 8.42 Å². The molecule has 108 valence electrons. The Bertz CT molecular complexity index is 366. The fourth-order valence-corrected chi connectivity index (χ4v) is 3.57. The molecule has 0 aromatic carbocycles. The molecule has 1 atom stereocenters. The SMILES string of the molecule is CC(C)CC(C)(CN)NS(=O)(=O)N(C)CC1CC1. The predicted molar refractivity (Wildman–Crippen MR) is 74.3 cm³/mol. The highest BCUT2D eigenvalue weighted by molar-refractivity contribution is 7.87. The Morgan fingerprint density at radius 1 is 1.44 bits per heavy atom. The monoisotopic (exact) mass is 277 g/mol. The number of hydrogen-bond donors (Lipinski definition) is 2. The smallest absolute Gasteiger partial charge is 0.279 e. The average Bonchev–Trinajstić information content (AvgIpc) is 2.99. The Labute approximate surface area is 111 Å². The molecule has 0 radical (unpaired) electrons. The van der Waals surface area contributed by atoms with Gasteiger partial charge in [-0.2, -0.15) is 17.4 Å². The van der Waals surface area contributed by atoms with Gasteiger partial charge >= 0.3 is 0 Å². The molecule has 0 amide bonds. The molecule has 0 spiro atoms. The molecule has 1 rings (SSSR count). The minimum absolute atomic E-state index is 0.307. The second kappa shape index (κ2) is 5.86. The zero-order valence-electron chi connectivity index (χ0n) is 11.9. The molecule has 0 saturated heterocycles. The van der Waals surface area contributed by atoms with Crippen LogP contribution in [0.15, 0.2) is 0 Å². The first-order valence-corrected chi connectivity index (χ1v) is 8.08. The van der Waals surface area contributed by atoms with Crippen LogP contribution in [0.5, 0.6) is 0 Å². The molecule has 0 bridgehead atoms. The van der Waals surface area contributed by atoms with Crippen molar-refractivity contribution in [2.45, 2.75) is 45.6 Å². The molecule has 1 aliphatic rings. The van der Waals surface area contributed by atoms with Gasteiger partial charge in [-0.3, -0.25) is 0 Å². The maximum absolute atomic E-state index is 12.2. The van der Waals surface area contributed by atoms with Crippen LogP contribution < -0.4 is 10.5 Å². The summed E-state index contributed by atoms with van der Waals surface area (Å²) in [4.78, 5) is 0. The molecule has 3 N–H and O–H groups in total. The van der Waals surface area contributed by atoms with E-state index in [4.69, 9.17) is 5.73 Å². The van der Waals surface area contributed by atoms with Crippen molar-refractivity contribution >= 4 is 10.2 Å². The van der Waals surface area contributed by atoms with E-state index in [1.54, 1.807) is 7.05 Å². The van der Waals surface area contributed by atoms with Gasteiger partial charge in [0.15, 0.2) is 0 Å². The van der Waals surface area contributed by atoms with E-state index in [1.807, 2.05) is 6.92 Å². The number of hydrogen-bond acceptors (Lipinski definition) is 3. The van der Waals surface area contributed by atoms with E-state index in [2.05, 4.69) is 18.6 Å². The molecule has 5 nitrogen and oxygen atoms in total. The molecule has 1 fully saturated rings. The molecule has 0 heterocycles. The van der Waals surface area contributed by atoms with Gasteiger partial charge in [-0.05, 0) is 38.0 Å². The molecular weight excluding hydrogens is 250 g/mol. The van der Waals surface area contributed by atoms with Gasteiger partial charge in [-0.1, -0.05) is 13.8 Å². The van der Waals surface area contributed by atoms with Crippen LogP contribution in [0.25, 0.3) is 0 Å². The molecular formula is C12H27N3O2S. The summed E-state index contributed by atoms with van der Waals surface area (Å²) < 4.78 is 28.6. The lowest BCUT2D eigenvalue weighted by Gasteiger charge is -2.32. The first-order chi connectivity index (χ1) is 8.18. The largest absolute Gasteiger partial charge is 0.329 e. The van der Waals surface area contributed by atoms with Crippen molar-refractivity contribution < 1.29 is 8.42 Å². The number of nitrogens with two attached hydrogens (primary N) is 1. The molecule has 6 heteroatoms. The molecule has 1 unspecified atom stereocenters. The van der Waals surface area contributed by atoms with Crippen LogP contribution in [0.2, 0.25) is 0 Å². The van der Waals surface area contributed by atoms with Crippen molar-refractivity contribution in [3.63, 3.8) is 0 Å². The average molecular weight is 277 g/mol. The summed E-state index contributed by atoms with van der Waals surface area (Å²) in [6.45, 7) is 6.92. The van der Waals surface area contributed by atoms with Crippen molar-refractivity contribution in [2.75, 3.05) is 20.1 Å². The third kappa shape index (κ3) is 4.84. The summed E-state index contributed by atoms with van der Waals surface area (Å²) in [5.41, 5.74) is 5.17. The second-order valence-electron chi connectivity index (χ2n) is 6.19. The van der Waals surface area contributed by atoms with Crippen molar-refractivity contribution in [2.24, 2.45) is 17.6 Å². The normalized spacial score (nSPS) is 20.4. The van der Waals surface area contributed by atoms with Crippen LogP contribution in [0.4, 0.5) is 0 Å². The highest BCUT2D eigenvalue weighted by Crippen LogP contribution is 2.30. The molecule has 1 saturated carbocycles. The van der Waals surface area contributed by atoms with E-state index >= 15 is 0 Å². The maximum atomic E-state index is 12.2. The first-order valence-electron chi connectivity index (χ1n) is 6.64. The van der Waals surface area contributed by atoms with Crippen molar-refractivity contribution in [1.82, 2.24) is 9.03 Å². The van der Waals surface area contributed by atoms with Crippen LogP contribution in [-0.2, 0) is 10.2 Å². The predicted octanol–water partition coefficient (Wildman–Crippen LogP) is 0.926. The summed E-state index contributed by atoms with van der Waals surface area (Å²) in [5, 5.41) is 0. The third-order valence-electron chi connectivity index (χ3n) is 3.31. The lowest BCUT2D eigenvalue weighted by Crippen LogP contribution is -2.55. The zero-order chi connectivity index (χ0) is 14.0. The lowest BCUT2D eigenvalue weighted by atomic mass is 9.92. The second-order valence-corrected chi connectivity index (χ2v) is 7.97. The summed E-state index contributed by atoms with van der Waals surface area (Å²) >= 11 is 0. The van der Waals surface area contributed by atoms with Gasteiger partial charge in [-0.25, -0.2) is 0 Å². The van der Waals surface area contributed by atoms with Crippen molar-refractivity contribution in [3.05, 3.63) is 0 Å². The first kappa shape index (κ1) is 15.9. The molecule has 18 heavy (non-hydrogen) atoms. The zero-order valence-corrected chi connectivity index (χ0v) is 12.8. The third-order valence-corrected chi connectivity index (χ3v) is 5.03. The summed E-state index contributed by atoms with van der Waals surface area (Å²) in [7, 11) is -1.80. The highest BCUT2D eigenvalue weighted by atomic mass is 32.2. The minimum atomic E-state index is -3.43. The Kier molecular flexibility index (Phi) is 5.17. The van der Waals surface area contributed by atoms with Gasteiger partial charge in [-0.15, -0.1) is 0 Å². The minimum Gasteiger partial charge on any atom is -0.329 e. The van der Waals surface area contributed by atoms with E-state index in [0.717, 1.165) is 19.3 Å². The molecule has 1 aliphatic carbocycles. The van der Waals surface area contributed by atoms with E-state index in [1.165, 1.54) is 4.31 Å². The Morgan fingerprint density at radius 2 is 2.00 bits per heavy atom. The molecule has 0 aromatic heterocycles. The number of rotatable bonds is 8.